The molecule has 1 aliphatic carbocycles. The Labute approximate surface area is 229 Å². The van der Waals surface area contributed by atoms with Gasteiger partial charge in [-0.2, -0.15) is 0 Å². The second kappa shape index (κ2) is 10.1. The van der Waals surface area contributed by atoms with Gasteiger partial charge < -0.3 is 5.32 Å². The highest BCUT2D eigenvalue weighted by Gasteiger charge is 2.46. The number of sulfone groups is 1. The lowest BCUT2D eigenvalue weighted by molar-refractivity contribution is 0.421. The third kappa shape index (κ3) is 4.85. The normalized spacial score (nSPS) is 25.6. The van der Waals surface area contributed by atoms with Crippen LogP contribution in [0.1, 0.15) is 56.9 Å². The van der Waals surface area contributed by atoms with Crippen LogP contribution >= 0.6 is 0 Å². The molecule has 0 radical (unpaired) electrons. The molecule has 3 fully saturated rings. The maximum atomic E-state index is 14.8. The van der Waals surface area contributed by atoms with E-state index in [1.54, 1.807) is 36.7 Å². The summed E-state index contributed by atoms with van der Waals surface area (Å²) < 4.78 is 69.2. The fraction of sp³-hybridized carbons (Fsp3) is 0.483. The number of benzene rings is 2. The van der Waals surface area contributed by atoms with Crippen LogP contribution in [0.5, 0.6) is 0 Å². The summed E-state index contributed by atoms with van der Waals surface area (Å²) in [6.07, 6.45) is 9.47. The minimum Gasteiger partial charge on any atom is -0.384 e. The number of nitrogens with zero attached hydrogens (tertiary/aromatic N) is 1. The Morgan fingerprint density at radius 3 is 2.41 bits per heavy atom. The average molecular weight is 572 g/mol. The van der Waals surface area contributed by atoms with Gasteiger partial charge in [0.25, 0.3) is 0 Å². The molecular formula is C29H34FN3O4S2. The number of pyridine rings is 1. The molecule has 7 nitrogen and oxygen atoms in total. The van der Waals surface area contributed by atoms with E-state index >= 15 is 0 Å². The van der Waals surface area contributed by atoms with Gasteiger partial charge in [-0.25, -0.2) is 25.9 Å². The number of rotatable bonds is 8. The number of fused-ring (bicyclic) bond motifs is 3. The van der Waals surface area contributed by atoms with E-state index in [4.69, 9.17) is 0 Å². The van der Waals surface area contributed by atoms with Gasteiger partial charge in [-0.05, 0) is 74.3 Å². The first-order chi connectivity index (χ1) is 18.7. The molecule has 3 aromatic rings. The SMILES string of the molecule is O=S(=O)(NCC1CC2CCC(C1)S2(=O)=O)c1ccc(NCC2(c3ccccc3F)CCCC2)c2cnccc12. The summed E-state index contributed by atoms with van der Waals surface area (Å²) in [5.41, 5.74) is 1.16. The Morgan fingerprint density at radius 1 is 0.974 bits per heavy atom. The predicted octanol–water partition coefficient (Wildman–Crippen LogP) is 4.93. The Kier molecular flexibility index (Phi) is 6.92. The van der Waals surface area contributed by atoms with Crippen LogP contribution in [0.2, 0.25) is 0 Å². The summed E-state index contributed by atoms with van der Waals surface area (Å²) in [4.78, 5) is 4.42. The molecule has 1 aromatic heterocycles. The monoisotopic (exact) mass is 571 g/mol. The van der Waals surface area contributed by atoms with Crippen LogP contribution in [0.4, 0.5) is 10.1 Å². The van der Waals surface area contributed by atoms with Crippen molar-refractivity contribution >= 4 is 36.3 Å². The molecule has 2 unspecified atom stereocenters. The minimum absolute atomic E-state index is 0.00986. The van der Waals surface area contributed by atoms with Gasteiger partial charge in [0.1, 0.15) is 5.82 Å². The highest BCUT2D eigenvalue weighted by atomic mass is 32.2. The van der Waals surface area contributed by atoms with Gasteiger partial charge in [-0.15, -0.1) is 0 Å². The second-order valence-corrected chi connectivity index (χ2v) is 15.7. The topological polar surface area (TPSA) is 105 Å². The molecule has 39 heavy (non-hydrogen) atoms. The number of sulfonamides is 1. The third-order valence-electron chi connectivity index (χ3n) is 9.19. The van der Waals surface area contributed by atoms with Gasteiger partial charge in [-0.3, -0.25) is 4.98 Å². The van der Waals surface area contributed by atoms with Crippen LogP contribution in [-0.2, 0) is 25.3 Å². The van der Waals surface area contributed by atoms with Crippen molar-refractivity contribution in [2.45, 2.75) is 72.2 Å². The average Bonchev–Trinajstić information content (AvgIpc) is 3.42. The summed E-state index contributed by atoms with van der Waals surface area (Å²) in [5, 5.41) is 4.07. The highest BCUT2D eigenvalue weighted by molar-refractivity contribution is 7.93. The zero-order valence-corrected chi connectivity index (χ0v) is 23.4. The summed E-state index contributed by atoms with van der Waals surface area (Å²) >= 11 is 0. The summed E-state index contributed by atoms with van der Waals surface area (Å²) in [6.45, 7) is 0.762. The van der Waals surface area contributed by atoms with E-state index in [0.29, 0.717) is 43.0 Å². The van der Waals surface area contributed by atoms with Crippen molar-refractivity contribution in [2.75, 3.05) is 18.4 Å². The largest absolute Gasteiger partial charge is 0.384 e. The molecule has 2 aliphatic heterocycles. The third-order valence-corrected chi connectivity index (χ3v) is 13.4. The number of nitrogens with one attached hydrogen (secondary N) is 2. The van der Waals surface area contributed by atoms with E-state index in [-0.39, 0.29) is 39.1 Å². The maximum Gasteiger partial charge on any atom is 0.241 e. The number of hydrogen-bond acceptors (Lipinski definition) is 6. The molecule has 0 amide bonds. The van der Waals surface area contributed by atoms with E-state index in [2.05, 4.69) is 15.0 Å². The van der Waals surface area contributed by atoms with Crippen molar-refractivity contribution in [1.82, 2.24) is 9.71 Å². The molecule has 0 spiro atoms. The summed E-state index contributed by atoms with van der Waals surface area (Å²) in [6, 6.07) is 12.0. The van der Waals surface area contributed by atoms with Gasteiger partial charge in [0.15, 0.2) is 9.84 Å². The Bertz CT molecular complexity index is 1580. The molecule has 1 saturated carbocycles. The van der Waals surface area contributed by atoms with Crippen molar-refractivity contribution in [3.63, 3.8) is 0 Å². The molecule has 3 heterocycles. The first-order valence-corrected chi connectivity index (χ1v) is 16.9. The van der Waals surface area contributed by atoms with Crippen LogP contribution in [0.25, 0.3) is 10.8 Å². The summed E-state index contributed by atoms with van der Waals surface area (Å²) in [5.74, 6) is -0.181. The zero-order valence-electron chi connectivity index (χ0n) is 21.8. The number of aromatic nitrogens is 1. The van der Waals surface area contributed by atoms with Crippen molar-refractivity contribution < 1.29 is 21.2 Å². The molecule has 2 bridgehead atoms. The van der Waals surface area contributed by atoms with Crippen LogP contribution in [0, 0.1) is 11.7 Å². The molecule has 10 heteroatoms. The van der Waals surface area contributed by atoms with Crippen LogP contribution in [0.3, 0.4) is 0 Å². The molecule has 2 atom stereocenters. The fourth-order valence-electron chi connectivity index (χ4n) is 7.09. The number of hydrogen-bond donors (Lipinski definition) is 2. The van der Waals surface area contributed by atoms with Gasteiger partial charge >= 0.3 is 0 Å². The van der Waals surface area contributed by atoms with Gasteiger partial charge in [0.05, 0.1) is 15.4 Å². The van der Waals surface area contributed by atoms with Crippen molar-refractivity contribution in [3.05, 3.63) is 66.2 Å². The van der Waals surface area contributed by atoms with Crippen LogP contribution < -0.4 is 10.0 Å². The lowest BCUT2D eigenvalue weighted by Gasteiger charge is -2.31. The first kappa shape index (κ1) is 26.7. The molecule has 6 rings (SSSR count). The minimum atomic E-state index is -3.84. The lowest BCUT2D eigenvalue weighted by Crippen LogP contribution is -2.38. The van der Waals surface area contributed by atoms with Crippen LogP contribution in [-0.4, -0.2) is 45.4 Å². The highest BCUT2D eigenvalue weighted by Crippen LogP contribution is 2.43. The molecule has 2 saturated heterocycles. The zero-order chi connectivity index (χ0) is 27.3. The molecule has 208 valence electrons. The number of halogens is 1. The first-order valence-electron chi connectivity index (χ1n) is 13.8. The smallest absolute Gasteiger partial charge is 0.241 e. The standard InChI is InChI=1S/C29H34FN3O4S2/c30-26-6-2-1-5-25(26)29(12-3-4-13-29)19-32-27-9-10-28(23-11-14-31-18-24(23)27)39(36,37)33-17-20-15-21-7-8-22(16-20)38(21,34)35/h1-2,5-6,9-11,14,18,20-22,32-33H,3-4,7-8,12-13,15-17,19H2. The van der Waals surface area contributed by atoms with E-state index in [1.165, 1.54) is 6.07 Å². The van der Waals surface area contributed by atoms with E-state index in [0.717, 1.165) is 36.9 Å². The van der Waals surface area contributed by atoms with Crippen molar-refractivity contribution in [1.29, 1.82) is 0 Å². The quantitative estimate of drug-likeness (QED) is 0.397. The molecule has 2 aromatic carbocycles. The molecule has 3 aliphatic rings. The predicted molar refractivity (Wildman–Crippen MR) is 150 cm³/mol. The van der Waals surface area contributed by atoms with Crippen molar-refractivity contribution in [2.24, 2.45) is 5.92 Å². The fourth-order valence-corrected chi connectivity index (χ4v) is 11.0. The summed E-state index contributed by atoms with van der Waals surface area (Å²) in [7, 11) is -6.89. The van der Waals surface area contributed by atoms with E-state index < -0.39 is 19.9 Å². The van der Waals surface area contributed by atoms with E-state index in [1.807, 2.05) is 12.1 Å². The molecule has 2 N–H and O–H groups in total. The van der Waals surface area contributed by atoms with Gasteiger partial charge in [-0.1, -0.05) is 31.0 Å². The maximum absolute atomic E-state index is 14.8. The van der Waals surface area contributed by atoms with Crippen molar-refractivity contribution in [3.8, 4) is 0 Å². The number of anilines is 1. The van der Waals surface area contributed by atoms with Crippen LogP contribution in [0.15, 0.2) is 59.8 Å². The Hall–Kier alpha value is -2.56. The van der Waals surface area contributed by atoms with E-state index in [9.17, 15) is 21.2 Å². The Morgan fingerprint density at radius 2 is 1.69 bits per heavy atom. The second-order valence-electron chi connectivity index (χ2n) is 11.5. The lowest BCUT2D eigenvalue weighted by atomic mass is 9.78. The Balaban J connectivity index is 1.22. The molecular weight excluding hydrogens is 537 g/mol. The van der Waals surface area contributed by atoms with Gasteiger partial charge in [0, 0.05) is 47.4 Å². The van der Waals surface area contributed by atoms with Gasteiger partial charge in [0.2, 0.25) is 10.0 Å².